The van der Waals surface area contributed by atoms with Gasteiger partial charge in [0.15, 0.2) is 0 Å². The Labute approximate surface area is 164 Å². The molecule has 0 atom stereocenters. The molecule has 1 aromatic heterocycles. The number of carboxylic acids is 1. The molecule has 0 unspecified atom stereocenters. The van der Waals surface area contributed by atoms with Crippen molar-refractivity contribution in [2.75, 3.05) is 18.5 Å². The summed E-state index contributed by atoms with van der Waals surface area (Å²) >= 11 is 3.36. The van der Waals surface area contributed by atoms with Gasteiger partial charge in [-0.1, -0.05) is 12.1 Å². The summed E-state index contributed by atoms with van der Waals surface area (Å²) in [5, 5.41) is 9.96. The van der Waals surface area contributed by atoms with Crippen LogP contribution in [0.15, 0.2) is 58.0 Å². The Kier molecular flexibility index (Phi) is 5.07. The number of carbonyl (C=O) groups is 1. The van der Waals surface area contributed by atoms with E-state index in [1.807, 2.05) is 0 Å². The molecule has 9 heteroatoms. The minimum atomic E-state index is -4.01. The van der Waals surface area contributed by atoms with Crippen molar-refractivity contribution in [1.29, 1.82) is 0 Å². The molecule has 0 amide bonds. The van der Waals surface area contributed by atoms with E-state index in [4.69, 9.17) is 4.74 Å². The van der Waals surface area contributed by atoms with Crippen LogP contribution in [-0.4, -0.2) is 38.6 Å². The van der Waals surface area contributed by atoms with Gasteiger partial charge in [-0.3, -0.25) is 9.29 Å². The number of aromatic nitrogens is 1. The fourth-order valence-corrected chi connectivity index (χ4v) is 4.40. The summed E-state index contributed by atoms with van der Waals surface area (Å²) in [5.74, 6) is -0.753. The van der Waals surface area contributed by atoms with Crippen LogP contribution in [0, 0.1) is 0 Å². The average molecular weight is 451 g/mol. The van der Waals surface area contributed by atoms with Crippen molar-refractivity contribution in [3.63, 3.8) is 0 Å². The number of hydrogen-bond acceptors (Lipinski definition) is 5. The van der Waals surface area contributed by atoms with Crippen LogP contribution in [0.3, 0.4) is 0 Å². The normalized spacial score (nSPS) is 11.4. The number of fused-ring (bicyclic) bond motifs is 1. The maximum Gasteiger partial charge on any atom is 0.339 e. The first-order valence-electron chi connectivity index (χ1n) is 7.71. The molecule has 0 saturated carbocycles. The second-order valence-corrected chi connectivity index (χ2v) is 8.43. The van der Waals surface area contributed by atoms with E-state index in [0.717, 1.165) is 10.5 Å². The maximum absolute atomic E-state index is 13.1. The van der Waals surface area contributed by atoms with Crippen LogP contribution in [0.2, 0.25) is 0 Å². The maximum atomic E-state index is 13.1. The summed E-state index contributed by atoms with van der Waals surface area (Å²) in [7, 11) is -1.20. The smallest absolute Gasteiger partial charge is 0.339 e. The van der Waals surface area contributed by atoms with Crippen molar-refractivity contribution in [1.82, 2.24) is 4.98 Å². The molecule has 1 N–H and O–H groups in total. The third kappa shape index (κ3) is 3.35. The molecule has 0 spiro atoms. The van der Waals surface area contributed by atoms with Gasteiger partial charge in [-0.05, 0) is 46.3 Å². The SMILES string of the molecule is COc1ccc(S(=O)(=O)N(C)c2c(C(=O)O)cnc3c(Br)cccc23)cc1. The molecule has 0 radical (unpaired) electrons. The molecule has 3 aromatic rings. The van der Waals surface area contributed by atoms with Crippen LogP contribution < -0.4 is 9.04 Å². The number of methoxy groups -OCH3 is 1. The topological polar surface area (TPSA) is 96.8 Å². The predicted molar refractivity (Wildman–Crippen MR) is 105 cm³/mol. The monoisotopic (exact) mass is 450 g/mol. The van der Waals surface area contributed by atoms with Crippen LogP contribution in [0.4, 0.5) is 5.69 Å². The predicted octanol–water partition coefficient (Wildman–Crippen LogP) is 3.53. The van der Waals surface area contributed by atoms with E-state index in [2.05, 4.69) is 20.9 Å². The van der Waals surface area contributed by atoms with E-state index in [1.54, 1.807) is 18.2 Å². The number of sulfonamides is 1. The van der Waals surface area contributed by atoms with Gasteiger partial charge in [0.05, 0.1) is 23.2 Å². The number of carboxylic acid groups (broad SMARTS) is 1. The quantitative estimate of drug-likeness (QED) is 0.638. The van der Waals surface area contributed by atoms with Gasteiger partial charge in [0, 0.05) is 23.1 Å². The highest BCUT2D eigenvalue weighted by atomic mass is 79.9. The molecular formula is C18H15BrN2O5S. The molecule has 0 aliphatic rings. The van der Waals surface area contributed by atoms with Crippen molar-refractivity contribution in [2.24, 2.45) is 0 Å². The summed E-state index contributed by atoms with van der Waals surface area (Å²) in [4.78, 5) is 15.9. The van der Waals surface area contributed by atoms with Gasteiger partial charge in [0.2, 0.25) is 0 Å². The molecule has 0 aliphatic carbocycles. The molecule has 27 heavy (non-hydrogen) atoms. The first-order chi connectivity index (χ1) is 12.8. The minimum absolute atomic E-state index is 0.0158. The van der Waals surface area contributed by atoms with Gasteiger partial charge >= 0.3 is 5.97 Å². The number of rotatable bonds is 5. The molecule has 0 saturated heterocycles. The van der Waals surface area contributed by atoms with E-state index < -0.39 is 16.0 Å². The van der Waals surface area contributed by atoms with Crippen molar-refractivity contribution in [2.45, 2.75) is 4.90 Å². The largest absolute Gasteiger partial charge is 0.497 e. The lowest BCUT2D eigenvalue weighted by atomic mass is 10.1. The van der Waals surface area contributed by atoms with Crippen molar-refractivity contribution >= 4 is 48.5 Å². The minimum Gasteiger partial charge on any atom is -0.497 e. The number of benzene rings is 2. The number of aromatic carboxylic acids is 1. The lowest BCUT2D eigenvalue weighted by Crippen LogP contribution is -2.28. The van der Waals surface area contributed by atoms with E-state index in [9.17, 15) is 18.3 Å². The van der Waals surface area contributed by atoms with Crippen molar-refractivity contribution in [3.05, 3.63) is 58.7 Å². The van der Waals surface area contributed by atoms with E-state index >= 15 is 0 Å². The Morgan fingerprint density at radius 2 is 1.85 bits per heavy atom. The molecule has 0 aliphatic heterocycles. The number of pyridine rings is 1. The zero-order valence-electron chi connectivity index (χ0n) is 14.4. The summed E-state index contributed by atoms with van der Waals surface area (Å²) in [5.41, 5.74) is 0.305. The standard InChI is InChI=1S/C18H15BrN2O5S/c1-21(27(24,25)12-8-6-11(26-2)7-9-12)17-13-4-3-5-15(19)16(13)20-10-14(17)18(22)23/h3-10H,1-2H3,(H,22,23). The number of nitrogens with zero attached hydrogens (tertiary/aromatic N) is 2. The molecular weight excluding hydrogens is 436 g/mol. The van der Waals surface area contributed by atoms with Gasteiger partial charge in [-0.15, -0.1) is 0 Å². The Morgan fingerprint density at radius 1 is 1.19 bits per heavy atom. The Hall–Kier alpha value is -2.65. The lowest BCUT2D eigenvalue weighted by molar-refractivity contribution is 0.0697. The third-order valence-electron chi connectivity index (χ3n) is 4.08. The molecule has 0 bridgehead atoms. The van der Waals surface area contributed by atoms with Crippen LogP contribution in [0.1, 0.15) is 10.4 Å². The first kappa shape index (κ1) is 19.1. The number of halogens is 1. The molecule has 7 nitrogen and oxygen atoms in total. The molecule has 2 aromatic carbocycles. The van der Waals surface area contributed by atoms with Crippen molar-refractivity contribution in [3.8, 4) is 5.75 Å². The second kappa shape index (κ2) is 7.16. The molecule has 0 fully saturated rings. The lowest BCUT2D eigenvalue weighted by Gasteiger charge is -2.23. The zero-order chi connectivity index (χ0) is 19.8. The molecule has 140 valence electrons. The van der Waals surface area contributed by atoms with E-state index in [1.165, 1.54) is 38.4 Å². The van der Waals surface area contributed by atoms with Gasteiger partial charge in [-0.2, -0.15) is 0 Å². The van der Waals surface area contributed by atoms with Crippen LogP contribution in [0.5, 0.6) is 5.75 Å². The average Bonchev–Trinajstić information content (AvgIpc) is 2.66. The highest BCUT2D eigenvalue weighted by Crippen LogP contribution is 2.35. The number of anilines is 1. The summed E-state index contributed by atoms with van der Waals surface area (Å²) in [6.45, 7) is 0. The Balaban J connectivity index is 2.24. The number of ether oxygens (including phenoxy) is 1. The Bertz CT molecular complexity index is 1130. The van der Waals surface area contributed by atoms with Crippen LogP contribution >= 0.6 is 15.9 Å². The molecule has 1 heterocycles. The van der Waals surface area contributed by atoms with Crippen molar-refractivity contribution < 1.29 is 23.1 Å². The number of para-hydroxylation sites is 1. The summed E-state index contributed by atoms with van der Waals surface area (Å²) < 4.78 is 32.8. The van der Waals surface area contributed by atoms with Gasteiger partial charge in [0.25, 0.3) is 10.0 Å². The third-order valence-corrected chi connectivity index (χ3v) is 6.49. The van der Waals surface area contributed by atoms with Gasteiger partial charge in [-0.25, -0.2) is 13.2 Å². The van der Waals surface area contributed by atoms with E-state index in [0.29, 0.717) is 21.1 Å². The highest BCUT2D eigenvalue weighted by Gasteiger charge is 2.28. The fourth-order valence-electron chi connectivity index (χ4n) is 2.69. The zero-order valence-corrected chi connectivity index (χ0v) is 16.8. The summed E-state index contributed by atoms with van der Waals surface area (Å²) in [6, 6.07) is 10.9. The Morgan fingerprint density at radius 3 is 2.44 bits per heavy atom. The highest BCUT2D eigenvalue weighted by molar-refractivity contribution is 9.10. The van der Waals surface area contributed by atoms with Crippen LogP contribution in [0.25, 0.3) is 10.9 Å². The summed E-state index contributed by atoms with van der Waals surface area (Å²) in [6.07, 6.45) is 1.16. The second-order valence-electron chi connectivity index (χ2n) is 5.61. The van der Waals surface area contributed by atoms with Gasteiger partial charge < -0.3 is 9.84 Å². The molecule has 3 rings (SSSR count). The first-order valence-corrected chi connectivity index (χ1v) is 9.94. The fraction of sp³-hybridized carbons (Fsp3) is 0.111. The number of hydrogen-bond donors (Lipinski definition) is 1. The van der Waals surface area contributed by atoms with E-state index in [-0.39, 0.29) is 16.1 Å². The van der Waals surface area contributed by atoms with Crippen LogP contribution in [-0.2, 0) is 10.0 Å². The van der Waals surface area contributed by atoms with Gasteiger partial charge in [0.1, 0.15) is 11.3 Å².